The molecule has 5 N–H and O–H groups in total. The first kappa shape index (κ1) is 73.2. The van der Waals surface area contributed by atoms with Crippen LogP contribution in [0, 0.1) is 41.4 Å². The summed E-state index contributed by atoms with van der Waals surface area (Å²) < 4.78 is 54.2. The Morgan fingerprint density at radius 1 is 0.839 bits per heavy atom. The number of piperidine rings is 1. The average molecular weight is 1260 g/mol. The smallest absolute Gasteiger partial charge is 0.335 e. The molecule has 3 fully saturated rings. The molecular weight excluding hydrogens is 1160 g/mol. The number of ether oxygens (including phenoxy) is 5. The first-order chi connectivity index (χ1) is 40.8. The molecule has 1 aromatic carbocycles. The van der Waals surface area contributed by atoms with E-state index >= 15 is 0 Å². The molecule has 3 heterocycles. The number of likely N-dealkylation sites (N-methyl/N-ethyl adjacent to an activating group) is 2. The molecular formula is C64H99N3O18P2. The third kappa shape index (κ3) is 20.5. The van der Waals surface area contributed by atoms with Gasteiger partial charge in [0.1, 0.15) is 36.0 Å². The monoisotopic (exact) mass is 1260 g/mol. The van der Waals surface area contributed by atoms with Crippen molar-refractivity contribution < 1.29 is 86.5 Å². The van der Waals surface area contributed by atoms with Crippen LogP contribution in [0.1, 0.15) is 132 Å². The molecule has 16 atom stereocenters. The second-order valence-corrected chi connectivity index (χ2v) is 29.6. The Morgan fingerprint density at radius 3 is 2.17 bits per heavy atom. The van der Waals surface area contributed by atoms with Crippen LogP contribution in [0.3, 0.4) is 0 Å². The van der Waals surface area contributed by atoms with E-state index in [4.69, 9.17) is 23.7 Å². The Kier molecular flexibility index (Phi) is 27.8. The van der Waals surface area contributed by atoms with Crippen LogP contribution in [0.4, 0.5) is 5.69 Å². The van der Waals surface area contributed by atoms with Crippen LogP contribution in [0.2, 0.25) is 0 Å². The van der Waals surface area contributed by atoms with Gasteiger partial charge in [-0.1, -0.05) is 71.1 Å². The lowest BCUT2D eigenvalue weighted by Gasteiger charge is -2.42. The van der Waals surface area contributed by atoms with Crippen LogP contribution in [-0.2, 0) is 61.6 Å². The summed E-state index contributed by atoms with van der Waals surface area (Å²) in [4.78, 5) is 119. The van der Waals surface area contributed by atoms with Crippen LogP contribution < -0.4 is 10.2 Å². The molecule has 1 unspecified atom stereocenters. The highest BCUT2D eigenvalue weighted by Crippen LogP contribution is 2.54. The molecule has 1 saturated carbocycles. The van der Waals surface area contributed by atoms with Gasteiger partial charge in [-0.2, -0.15) is 0 Å². The summed E-state index contributed by atoms with van der Waals surface area (Å²) in [5.74, 6) is -9.95. The minimum Gasteiger partial charge on any atom is -0.460 e. The fourth-order valence-corrected chi connectivity index (χ4v) is 15.9. The van der Waals surface area contributed by atoms with Crippen LogP contribution in [-0.4, -0.2) is 179 Å². The van der Waals surface area contributed by atoms with Crippen LogP contribution in [0.5, 0.6) is 0 Å². The summed E-state index contributed by atoms with van der Waals surface area (Å²) in [6.45, 7) is 13.3. The lowest BCUT2D eigenvalue weighted by Crippen LogP contribution is -2.61. The molecule has 23 heteroatoms. The van der Waals surface area contributed by atoms with Gasteiger partial charge >= 0.3 is 13.6 Å². The number of hydrogen-bond acceptors (Lipinski definition) is 16. The SMILES string of the molecule is CO[C@H]1C[C@@H]2CC[C@@H](C)[C@@](O)(O2)C(=O)C(=O)N2CCCC[C@H]2C(=O)O[C@H]([C@H](C)C[C@@H]2CC[C@@H](CC(=O)N(C)CCN(C)c3ccc(P(=O)(O)CP(=O)(O)O)cc3)[C@H](OC)C2)CC(=O)[C@H](C)/C=C(\C)[C@@H](O)[C@@H](OC)C(=O)[C@H](C)C[C@H](C)\C=C/C=C/C=C/1C. The molecule has 2 bridgehead atoms. The van der Waals surface area contributed by atoms with Crippen LogP contribution in [0.15, 0.2) is 71.9 Å². The number of methoxy groups -OCH3 is 3. The number of allylic oxidation sites excluding steroid dienone is 6. The summed E-state index contributed by atoms with van der Waals surface area (Å²) >= 11 is 0. The fourth-order valence-electron chi connectivity index (χ4n) is 12.7. The van der Waals surface area contributed by atoms with Gasteiger partial charge in [-0.05, 0) is 137 Å². The number of carbonyl (C=O) groups excluding carboxylic acids is 6. The number of rotatable bonds is 15. The molecule has 21 nitrogen and oxygen atoms in total. The summed E-state index contributed by atoms with van der Waals surface area (Å²) in [6.07, 6.45) is 11.3. The first-order valence-corrected chi connectivity index (χ1v) is 34.4. The lowest BCUT2D eigenvalue weighted by atomic mass is 9.74. The second kappa shape index (κ2) is 33.0. The summed E-state index contributed by atoms with van der Waals surface area (Å²) in [5.41, 5.74) is 1.87. The zero-order chi connectivity index (χ0) is 64.7. The molecule has 1 aliphatic carbocycles. The van der Waals surface area contributed by atoms with Crippen molar-refractivity contribution in [3.63, 3.8) is 0 Å². The number of ketones is 3. The van der Waals surface area contributed by atoms with Gasteiger partial charge in [-0.3, -0.25) is 33.1 Å². The number of aliphatic hydroxyl groups excluding tert-OH is 1. The Labute approximate surface area is 514 Å². The predicted molar refractivity (Wildman–Crippen MR) is 331 cm³/mol. The van der Waals surface area contributed by atoms with Crippen LogP contribution >= 0.6 is 15.0 Å². The van der Waals surface area contributed by atoms with Gasteiger partial charge in [-0.25, -0.2) is 4.79 Å². The van der Waals surface area contributed by atoms with Crippen molar-refractivity contribution in [3.05, 3.63) is 71.9 Å². The van der Waals surface area contributed by atoms with Gasteiger partial charge in [0.2, 0.25) is 19.1 Å². The number of benzene rings is 1. The van der Waals surface area contributed by atoms with E-state index in [2.05, 4.69) is 0 Å². The van der Waals surface area contributed by atoms with E-state index in [1.165, 1.54) is 24.1 Å². The van der Waals surface area contributed by atoms with Crippen LogP contribution in [0.25, 0.3) is 0 Å². The highest BCUT2D eigenvalue weighted by molar-refractivity contribution is 7.77. The zero-order valence-electron chi connectivity index (χ0n) is 53.2. The average Bonchev–Trinajstić information content (AvgIpc) is 0.881. The third-order valence-corrected chi connectivity index (χ3v) is 22.5. The van der Waals surface area contributed by atoms with E-state index in [1.807, 2.05) is 56.1 Å². The van der Waals surface area contributed by atoms with Gasteiger partial charge < -0.3 is 63.3 Å². The van der Waals surface area contributed by atoms with E-state index < -0.39 is 105 Å². The molecule has 4 aliphatic rings. The molecule has 87 heavy (non-hydrogen) atoms. The maximum Gasteiger partial charge on any atom is 0.335 e. The fraction of sp³-hybridized carbons (Fsp3) is 0.688. The topological polar surface area (TPSA) is 294 Å². The molecule has 0 spiro atoms. The minimum atomic E-state index is -4.74. The number of esters is 1. The van der Waals surface area contributed by atoms with Crippen molar-refractivity contribution in [1.29, 1.82) is 0 Å². The number of aliphatic hydroxyl groups is 2. The lowest BCUT2D eigenvalue weighted by molar-refractivity contribution is -0.265. The minimum absolute atomic E-state index is 0.0176. The number of Topliss-reactive ketones (excluding diaryl/α,β-unsaturated/α-hetero) is 3. The second-order valence-electron chi connectivity index (χ2n) is 25.2. The van der Waals surface area contributed by atoms with E-state index in [-0.39, 0.29) is 78.9 Å². The summed E-state index contributed by atoms with van der Waals surface area (Å²) in [7, 11) is -0.981. The van der Waals surface area contributed by atoms with E-state index in [0.29, 0.717) is 82.1 Å². The Balaban J connectivity index is 1.36. The molecule has 5 rings (SSSR count). The number of hydrogen-bond donors (Lipinski definition) is 5. The van der Waals surface area contributed by atoms with Gasteiger partial charge in [-0.15, -0.1) is 0 Å². The molecule has 488 valence electrons. The number of cyclic esters (lactones) is 1. The number of carbonyl (C=O) groups is 6. The number of anilines is 1. The Hall–Kier alpha value is -4.50. The quantitative estimate of drug-likeness (QED) is 0.0493. The number of nitrogens with zero attached hydrogens (tertiary/aromatic N) is 3. The van der Waals surface area contributed by atoms with Gasteiger partial charge in [0.25, 0.3) is 11.7 Å². The molecule has 0 aromatic heterocycles. The predicted octanol–water partition coefficient (Wildman–Crippen LogP) is 7.45. The molecule has 3 aliphatic heterocycles. The van der Waals surface area contributed by atoms with Crippen molar-refractivity contribution in [3.8, 4) is 0 Å². The molecule has 0 radical (unpaired) electrons. The van der Waals surface area contributed by atoms with Crippen molar-refractivity contribution >= 4 is 61.1 Å². The van der Waals surface area contributed by atoms with Crippen molar-refractivity contribution in [2.75, 3.05) is 65.9 Å². The zero-order valence-corrected chi connectivity index (χ0v) is 54.9. The van der Waals surface area contributed by atoms with E-state index in [1.54, 1.807) is 79.1 Å². The Morgan fingerprint density at radius 2 is 1.53 bits per heavy atom. The van der Waals surface area contributed by atoms with E-state index in [0.717, 1.165) is 5.57 Å². The molecule has 2 amide bonds. The van der Waals surface area contributed by atoms with Gasteiger partial charge in [0, 0.05) is 103 Å². The van der Waals surface area contributed by atoms with Crippen molar-refractivity contribution in [1.82, 2.24) is 9.80 Å². The van der Waals surface area contributed by atoms with Gasteiger partial charge in [0.15, 0.2) is 5.78 Å². The third-order valence-electron chi connectivity index (χ3n) is 18.4. The summed E-state index contributed by atoms with van der Waals surface area (Å²) in [5, 5.41) is 23.6. The maximum atomic E-state index is 14.7. The van der Waals surface area contributed by atoms with Crippen molar-refractivity contribution in [2.24, 2.45) is 41.4 Å². The van der Waals surface area contributed by atoms with E-state index in [9.17, 15) is 62.8 Å². The Bertz CT molecular complexity index is 2750. The largest absolute Gasteiger partial charge is 0.460 e. The number of amides is 2. The molecule has 2 saturated heterocycles. The molecule has 1 aromatic rings. The summed E-state index contributed by atoms with van der Waals surface area (Å²) in [6, 6.07) is 4.68. The maximum absolute atomic E-state index is 14.7. The highest BCUT2D eigenvalue weighted by atomic mass is 31.2. The standard InChI is InChI=1S/C64H99N3O18P2/c1-40-18-14-13-15-19-41(2)54(81-10)37-50-26-21-46(7)64(75,85-50)61(72)62(73)67-29-17-16-20-52(67)63(74)84-55(38-53(68)42(3)33-45(6)59(71)60(83-12)58(70)44(5)32-40)43(4)34-47-22-23-48(56(35-47)82-11)36-57(69)66(9)31-30-65(8)49-24-27-51(28-25-49)86(76,77)39-87(78,79)80/h13-15,18-19,24-25,27-28,33,40,42-44,46-48,50,52,54-56,59-60,71,75H,16-17,20-23,26,29-32,34-39H2,1-12H3,(H,76,77)(H2,78,79,80)/b15-13+,18-14-,41-19+,45-33+/t40-,42-,43-,44-,46-,47+,48+,50+,52+,54+,55+,56-,59-,60+,64-/m1/s1. The van der Waals surface area contributed by atoms with Crippen molar-refractivity contribution in [2.45, 2.75) is 180 Å². The first-order valence-electron chi connectivity index (χ1n) is 30.7. The normalized spacial score (nSPS) is 34.0. The highest BCUT2D eigenvalue weighted by Gasteiger charge is 2.53. The van der Waals surface area contributed by atoms with Gasteiger partial charge in [0.05, 0.1) is 18.3 Å². The number of fused-ring (bicyclic) bond motifs is 3.